The van der Waals surface area contributed by atoms with Gasteiger partial charge in [-0.1, -0.05) is 18.6 Å². The average Bonchev–Trinajstić information content (AvgIpc) is 3.43. The first-order valence-electron chi connectivity index (χ1n) is 8.99. The van der Waals surface area contributed by atoms with Crippen molar-refractivity contribution in [3.63, 3.8) is 0 Å². The highest BCUT2D eigenvalue weighted by atomic mass is 32.2. The molecule has 1 saturated heterocycles. The third-order valence-corrected chi connectivity index (χ3v) is 6.07. The van der Waals surface area contributed by atoms with Crippen LogP contribution in [0.5, 0.6) is 0 Å². The molecular weight excluding hydrogens is 354 g/mol. The Morgan fingerprint density at radius 3 is 2.42 bits per heavy atom. The molecule has 2 amide bonds. The molecule has 3 rings (SSSR count). The first-order valence-corrected chi connectivity index (χ1v) is 10.8. The van der Waals surface area contributed by atoms with Gasteiger partial charge in [-0.2, -0.15) is 4.31 Å². The second-order valence-electron chi connectivity index (χ2n) is 7.05. The van der Waals surface area contributed by atoms with E-state index in [2.05, 4.69) is 10.6 Å². The van der Waals surface area contributed by atoms with Crippen molar-refractivity contribution in [2.75, 3.05) is 12.8 Å². The van der Waals surface area contributed by atoms with E-state index in [1.165, 1.54) is 4.31 Å². The Bertz CT molecular complexity index is 772. The molecule has 2 N–H and O–H groups in total. The molecule has 0 aromatic heterocycles. The van der Waals surface area contributed by atoms with Crippen LogP contribution in [0.4, 0.5) is 0 Å². The zero-order valence-electron chi connectivity index (χ0n) is 14.9. The number of amides is 2. The third kappa shape index (κ3) is 4.82. The van der Waals surface area contributed by atoms with Crippen LogP contribution in [-0.2, 0) is 21.4 Å². The van der Waals surface area contributed by atoms with Gasteiger partial charge in [0.05, 0.1) is 6.26 Å². The van der Waals surface area contributed by atoms with Crippen molar-refractivity contribution in [2.24, 2.45) is 0 Å². The lowest BCUT2D eigenvalue weighted by Gasteiger charge is -2.32. The maximum Gasteiger partial charge on any atom is 0.251 e. The van der Waals surface area contributed by atoms with Gasteiger partial charge >= 0.3 is 0 Å². The number of hydrogen-bond acceptors (Lipinski definition) is 4. The van der Waals surface area contributed by atoms with Crippen LogP contribution >= 0.6 is 0 Å². The average molecular weight is 379 g/mol. The van der Waals surface area contributed by atoms with Crippen LogP contribution in [0.15, 0.2) is 24.3 Å². The van der Waals surface area contributed by atoms with Gasteiger partial charge in [0.25, 0.3) is 5.91 Å². The number of rotatable bonds is 6. The van der Waals surface area contributed by atoms with E-state index in [-0.39, 0.29) is 11.8 Å². The van der Waals surface area contributed by atoms with Gasteiger partial charge in [-0.05, 0) is 43.4 Å². The molecule has 1 atom stereocenters. The largest absolute Gasteiger partial charge is 0.351 e. The maximum absolute atomic E-state index is 12.5. The lowest BCUT2D eigenvalue weighted by atomic mass is 10.0. The molecule has 26 heavy (non-hydrogen) atoms. The molecule has 2 aliphatic rings. The SMILES string of the molecule is CS(=O)(=O)N1CCCCC1C(=O)NCc1ccc(C(=O)NC2CC2)cc1. The standard InChI is InChI=1S/C18H25N3O4S/c1-26(24,25)21-11-3-2-4-16(21)18(23)19-12-13-5-7-14(8-6-13)17(22)20-15-9-10-15/h5-8,15-16H,2-4,9-12H2,1H3,(H,19,23)(H,20,22). The van der Waals surface area contributed by atoms with Gasteiger partial charge < -0.3 is 10.6 Å². The van der Waals surface area contributed by atoms with Gasteiger partial charge in [-0.3, -0.25) is 9.59 Å². The van der Waals surface area contributed by atoms with E-state index in [9.17, 15) is 18.0 Å². The zero-order valence-corrected chi connectivity index (χ0v) is 15.7. The van der Waals surface area contributed by atoms with Crippen LogP contribution in [0.1, 0.15) is 48.0 Å². The van der Waals surface area contributed by atoms with Crippen molar-refractivity contribution in [1.82, 2.24) is 14.9 Å². The van der Waals surface area contributed by atoms with Gasteiger partial charge in [0, 0.05) is 24.7 Å². The van der Waals surface area contributed by atoms with Gasteiger partial charge in [0.1, 0.15) is 6.04 Å². The minimum Gasteiger partial charge on any atom is -0.351 e. The lowest BCUT2D eigenvalue weighted by molar-refractivity contribution is -0.125. The van der Waals surface area contributed by atoms with E-state index in [1.54, 1.807) is 24.3 Å². The molecule has 0 spiro atoms. The highest BCUT2D eigenvalue weighted by Crippen LogP contribution is 2.21. The number of nitrogens with zero attached hydrogens (tertiary/aromatic N) is 1. The number of carbonyl (C=O) groups excluding carboxylic acids is 2. The second-order valence-corrected chi connectivity index (χ2v) is 8.98. The van der Waals surface area contributed by atoms with E-state index in [4.69, 9.17) is 0 Å². The van der Waals surface area contributed by atoms with Crippen LogP contribution in [-0.4, -0.2) is 49.4 Å². The third-order valence-electron chi connectivity index (χ3n) is 4.78. The molecule has 0 bridgehead atoms. The van der Waals surface area contributed by atoms with Crippen LogP contribution in [0.3, 0.4) is 0 Å². The summed E-state index contributed by atoms with van der Waals surface area (Å²) in [5, 5.41) is 5.75. The molecule has 1 aliphatic heterocycles. The maximum atomic E-state index is 12.5. The van der Waals surface area contributed by atoms with Crippen molar-refractivity contribution in [2.45, 2.75) is 50.7 Å². The number of sulfonamides is 1. The van der Waals surface area contributed by atoms with E-state index in [0.717, 1.165) is 37.5 Å². The number of nitrogens with one attached hydrogen (secondary N) is 2. The Kier molecular flexibility index (Phi) is 5.62. The van der Waals surface area contributed by atoms with Gasteiger partial charge in [0.15, 0.2) is 0 Å². The van der Waals surface area contributed by atoms with E-state index >= 15 is 0 Å². The topological polar surface area (TPSA) is 95.6 Å². The summed E-state index contributed by atoms with van der Waals surface area (Å²) >= 11 is 0. The Morgan fingerprint density at radius 1 is 1.12 bits per heavy atom. The van der Waals surface area contributed by atoms with E-state index in [1.807, 2.05) is 0 Å². The molecule has 7 nitrogen and oxygen atoms in total. The van der Waals surface area contributed by atoms with Crippen LogP contribution < -0.4 is 10.6 Å². The Balaban J connectivity index is 1.55. The lowest BCUT2D eigenvalue weighted by Crippen LogP contribution is -2.51. The normalized spacial score (nSPS) is 21.2. The molecule has 8 heteroatoms. The highest BCUT2D eigenvalue weighted by Gasteiger charge is 2.34. The Morgan fingerprint density at radius 2 is 1.81 bits per heavy atom. The molecule has 1 unspecified atom stereocenters. The molecule has 142 valence electrons. The predicted octanol–water partition coefficient (Wildman–Crippen LogP) is 1.01. The fraction of sp³-hybridized carbons (Fsp3) is 0.556. The highest BCUT2D eigenvalue weighted by molar-refractivity contribution is 7.88. The number of hydrogen-bond donors (Lipinski definition) is 2. The van der Waals surface area contributed by atoms with Crippen LogP contribution in [0.2, 0.25) is 0 Å². The summed E-state index contributed by atoms with van der Waals surface area (Å²) in [5.74, 6) is -0.347. The molecule has 2 fully saturated rings. The molecule has 1 heterocycles. The molecule has 0 radical (unpaired) electrons. The molecule has 1 aromatic carbocycles. The van der Waals surface area contributed by atoms with E-state index < -0.39 is 16.1 Å². The Hall–Kier alpha value is -1.93. The smallest absolute Gasteiger partial charge is 0.251 e. The number of carbonyl (C=O) groups is 2. The van der Waals surface area contributed by atoms with Crippen molar-refractivity contribution in [3.05, 3.63) is 35.4 Å². The van der Waals surface area contributed by atoms with Crippen LogP contribution in [0.25, 0.3) is 0 Å². The summed E-state index contributed by atoms with van der Waals surface area (Å²) in [5.41, 5.74) is 1.46. The molecule has 1 aliphatic carbocycles. The van der Waals surface area contributed by atoms with Crippen molar-refractivity contribution < 1.29 is 18.0 Å². The zero-order chi connectivity index (χ0) is 18.7. The first-order chi connectivity index (χ1) is 12.3. The summed E-state index contributed by atoms with van der Waals surface area (Å²) in [6.45, 7) is 0.694. The van der Waals surface area contributed by atoms with Crippen molar-refractivity contribution in [3.8, 4) is 0 Å². The monoisotopic (exact) mass is 379 g/mol. The van der Waals surface area contributed by atoms with E-state index in [0.29, 0.717) is 31.1 Å². The second kappa shape index (κ2) is 7.75. The van der Waals surface area contributed by atoms with Crippen molar-refractivity contribution >= 4 is 21.8 Å². The molecular formula is C18H25N3O4S. The molecule has 1 aromatic rings. The van der Waals surface area contributed by atoms with Crippen molar-refractivity contribution in [1.29, 1.82) is 0 Å². The summed E-state index contributed by atoms with van der Waals surface area (Å²) in [4.78, 5) is 24.4. The molecule has 1 saturated carbocycles. The fourth-order valence-electron chi connectivity index (χ4n) is 3.14. The minimum absolute atomic E-state index is 0.0749. The Labute approximate surface area is 154 Å². The van der Waals surface area contributed by atoms with Crippen LogP contribution in [0, 0.1) is 0 Å². The summed E-state index contributed by atoms with van der Waals surface area (Å²) in [6.07, 6.45) is 5.39. The van der Waals surface area contributed by atoms with Gasteiger partial charge in [-0.15, -0.1) is 0 Å². The summed E-state index contributed by atoms with van der Waals surface area (Å²) in [7, 11) is -3.40. The first kappa shape index (κ1) is 18.8. The number of piperidine rings is 1. The fourth-order valence-corrected chi connectivity index (χ4v) is 4.27. The summed E-state index contributed by atoms with van der Waals surface area (Å²) in [6, 6.07) is 6.76. The van der Waals surface area contributed by atoms with Gasteiger partial charge in [-0.25, -0.2) is 8.42 Å². The quantitative estimate of drug-likeness (QED) is 0.771. The predicted molar refractivity (Wildman–Crippen MR) is 98.0 cm³/mol. The summed E-state index contributed by atoms with van der Waals surface area (Å²) < 4.78 is 25.0. The van der Waals surface area contributed by atoms with Gasteiger partial charge in [0.2, 0.25) is 15.9 Å². The number of benzene rings is 1. The minimum atomic E-state index is -3.40.